The van der Waals surface area contributed by atoms with E-state index in [2.05, 4.69) is 4.98 Å². The molecule has 1 aromatic carbocycles. The Morgan fingerprint density at radius 3 is 2.65 bits per heavy atom. The first-order valence-corrected chi connectivity index (χ1v) is 6.24. The van der Waals surface area contributed by atoms with Crippen LogP contribution < -0.4 is 5.73 Å². The van der Waals surface area contributed by atoms with Crippen LogP contribution in [0.3, 0.4) is 0 Å². The monoisotopic (exact) mass is 273 g/mol. The molecule has 0 spiro atoms. The maximum absolute atomic E-state index is 13.1. The van der Waals surface area contributed by atoms with E-state index >= 15 is 0 Å². The van der Waals surface area contributed by atoms with E-state index in [1.807, 2.05) is 24.3 Å². The van der Waals surface area contributed by atoms with Gasteiger partial charge in [0.25, 0.3) is 5.91 Å². The molecule has 2 N–H and O–H groups in total. The van der Waals surface area contributed by atoms with Crippen LogP contribution in [0, 0.1) is 5.82 Å². The number of nitrogens with zero attached hydrogens (tertiary/aromatic N) is 2. The number of hydrogen-bond acceptors (Lipinski definition) is 3. The third kappa shape index (κ3) is 3.19. The molecule has 104 valence electrons. The fraction of sp³-hybridized carbons (Fsp3) is 0.200. The minimum atomic E-state index is -0.522. The predicted molar refractivity (Wildman–Crippen MR) is 74.3 cm³/mol. The standard InChI is InChI=1S/C15H16FN3O/c1-19(10-12-5-3-2-4-11(12)7-17)15(20)13-6-14(16)9-18-8-13/h2-6,8-9H,7,10,17H2,1H3. The number of nitrogens with two attached hydrogens (primary N) is 1. The number of pyridine rings is 1. The van der Waals surface area contributed by atoms with E-state index < -0.39 is 5.82 Å². The second kappa shape index (κ2) is 6.25. The van der Waals surface area contributed by atoms with E-state index in [0.29, 0.717) is 13.1 Å². The average molecular weight is 273 g/mol. The topological polar surface area (TPSA) is 59.2 Å². The van der Waals surface area contributed by atoms with E-state index in [0.717, 1.165) is 17.3 Å². The molecular weight excluding hydrogens is 257 g/mol. The summed E-state index contributed by atoms with van der Waals surface area (Å²) in [6, 6.07) is 8.84. The van der Waals surface area contributed by atoms with Crippen molar-refractivity contribution in [3.8, 4) is 0 Å². The highest BCUT2D eigenvalue weighted by Gasteiger charge is 2.14. The summed E-state index contributed by atoms with van der Waals surface area (Å²) in [5.74, 6) is -0.796. The Morgan fingerprint density at radius 2 is 2.00 bits per heavy atom. The van der Waals surface area contributed by atoms with Gasteiger partial charge in [-0.1, -0.05) is 24.3 Å². The summed E-state index contributed by atoms with van der Waals surface area (Å²) in [4.78, 5) is 17.4. The van der Waals surface area contributed by atoms with Crippen molar-refractivity contribution in [1.82, 2.24) is 9.88 Å². The molecular formula is C15H16FN3O. The Bertz CT molecular complexity index is 616. The van der Waals surface area contributed by atoms with Crippen molar-refractivity contribution in [2.45, 2.75) is 13.1 Å². The van der Waals surface area contributed by atoms with Crippen LogP contribution in [-0.2, 0) is 13.1 Å². The lowest BCUT2D eigenvalue weighted by Crippen LogP contribution is -2.27. The maximum Gasteiger partial charge on any atom is 0.255 e. The molecule has 0 atom stereocenters. The molecule has 0 unspecified atom stereocenters. The number of halogens is 1. The Hall–Kier alpha value is -2.27. The number of carbonyl (C=O) groups excluding carboxylic acids is 1. The van der Waals surface area contributed by atoms with Crippen LogP contribution in [0.2, 0.25) is 0 Å². The van der Waals surface area contributed by atoms with Gasteiger partial charge in [-0.25, -0.2) is 4.39 Å². The molecule has 1 aromatic heterocycles. The molecule has 2 aromatic rings. The molecule has 0 aliphatic carbocycles. The van der Waals surface area contributed by atoms with E-state index in [9.17, 15) is 9.18 Å². The van der Waals surface area contributed by atoms with Crippen molar-refractivity contribution in [2.75, 3.05) is 7.05 Å². The quantitative estimate of drug-likeness (QED) is 0.926. The predicted octanol–water partition coefficient (Wildman–Crippen LogP) is 1.95. The number of rotatable bonds is 4. The van der Waals surface area contributed by atoms with Crippen molar-refractivity contribution < 1.29 is 9.18 Å². The van der Waals surface area contributed by atoms with Gasteiger partial charge >= 0.3 is 0 Å². The van der Waals surface area contributed by atoms with E-state index in [-0.39, 0.29) is 11.5 Å². The molecule has 2 rings (SSSR count). The van der Waals surface area contributed by atoms with Crippen LogP contribution >= 0.6 is 0 Å². The number of carbonyl (C=O) groups is 1. The smallest absolute Gasteiger partial charge is 0.255 e. The Labute approximate surface area is 117 Å². The minimum absolute atomic E-state index is 0.234. The van der Waals surface area contributed by atoms with E-state index in [1.54, 1.807) is 7.05 Å². The fourth-order valence-electron chi connectivity index (χ4n) is 1.99. The van der Waals surface area contributed by atoms with E-state index in [1.165, 1.54) is 17.2 Å². The molecule has 1 amide bonds. The van der Waals surface area contributed by atoms with Crippen LogP contribution in [0.15, 0.2) is 42.7 Å². The van der Waals surface area contributed by atoms with Gasteiger partial charge < -0.3 is 10.6 Å². The number of amides is 1. The normalized spacial score (nSPS) is 10.3. The van der Waals surface area contributed by atoms with Crippen molar-refractivity contribution in [2.24, 2.45) is 5.73 Å². The Kier molecular flexibility index (Phi) is 4.42. The number of hydrogen-bond donors (Lipinski definition) is 1. The van der Waals surface area contributed by atoms with Gasteiger partial charge in [0.05, 0.1) is 11.8 Å². The zero-order valence-electron chi connectivity index (χ0n) is 11.2. The van der Waals surface area contributed by atoms with Crippen molar-refractivity contribution in [1.29, 1.82) is 0 Å². The first-order chi connectivity index (χ1) is 9.61. The molecule has 5 heteroatoms. The summed E-state index contributed by atoms with van der Waals surface area (Å²) in [7, 11) is 1.67. The Balaban J connectivity index is 2.15. The molecule has 4 nitrogen and oxygen atoms in total. The average Bonchev–Trinajstić information content (AvgIpc) is 2.47. The summed E-state index contributed by atoms with van der Waals surface area (Å²) in [5.41, 5.74) is 7.88. The van der Waals surface area contributed by atoms with Gasteiger partial charge in [0.15, 0.2) is 0 Å². The van der Waals surface area contributed by atoms with Gasteiger partial charge in [-0.05, 0) is 17.2 Å². The number of aromatic nitrogens is 1. The Morgan fingerprint density at radius 1 is 1.30 bits per heavy atom. The molecule has 20 heavy (non-hydrogen) atoms. The second-order valence-corrected chi connectivity index (χ2v) is 4.53. The van der Waals surface area contributed by atoms with Gasteiger partial charge in [0.2, 0.25) is 0 Å². The lowest BCUT2D eigenvalue weighted by molar-refractivity contribution is 0.0784. The number of benzene rings is 1. The summed E-state index contributed by atoms with van der Waals surface area (Å²) in [6.07, 6.45) is 2.43. The molecule has 0 saturated heterocycles. The lowest BCUT2D eigenvalue weighted by Gasteiger charge is -2.19. The van der Waals surface area contributed by atoms with Gasteiger partial charge in [-0.15, -0.1) is 0 Å². The molecule has 1 heterocycles. The highest BCUT2D eigenvalue weighted by atomic mass is 19.1. The van der Waals surface area contributed by atoms with E-state index in [4.69, 9.17) is 5.73 Å². The van der Waals surface area contributed by atoms with Crippen molar-refractivity contribution >= 4 is 5.91 Å². The summed E-state index contributed by atoms with van der Waals surface area (Å²) in [6.45, 7) is 0.836. The summed E-state index contributed by atoms with van der Waals surface area (Å²) < 4.78 is 13.1. The first-order valence-electron chi connectivity index (χ1n) is 6.24. The maximum atomic E-state index is 13.1. The molecule has 0 radical (unpaired) electrons. The zero-order valence-corrected chi connectivity index (χ0v) is 11.2. The van der Waals surface area contributed by atoms with Crippen LogP contribution in [0.1, 0.15) is 21.5 Å². The molecule has 0 aliphatic rings. The second-order valence-electron chi connectivity index (χ2n) is 4.53. The van der Waals surface area contributed by atoms with Crippen LogP contribution in [0.5, 0.6) is 0 Å². The van der Waals surface area contributed by atoms with Crippen LogP contribution in [0.25, 0.3) is 0 Å². The van der Waals surface area contributed by atoms with Crippen LogP contribution in [-0.4, -0.2) is 22.8 Å². The molecule has 0 aliphatic heterocycles. The third-order valence-electron chi connectivity index (χ3n) is 3.04. The van der Waals surface area contributed by atoms with Crippen molar-refractivity contribution in [3.63, 3.8) is 0 Å². The highest BCUT2D eigenvalue weighted by molar-refractivity contribution is 5.93. The van der Waals surface area contributed by atoms with Gasteiger partial charge in [0.1, 0.15) is 5.82 Å². The minimum Gasteiger partial charge on any atom is -0.337 e. The summed E-state index contributed by atoms with van der Waals surface area (Å²) in [5, 5.41) is 0. The SMILES string of the molecule is CN(Cc1ccccc1CN)C(=O)c1cncc(F)c1. The van der Waals surface area contributed by atoms with Gasteiger partial charge in [0, 0.05) is 26.3 Å². The molecule has 0 fully saturated rings. The lowest BCUT2D eigenvalue weighted by atomic mass is 10.1. The highest BCUT2D eigenvalue weighted by Crippen LogP contribution is 2.12. The first kappa shape index (κ1) is 14.1. The largest absolute Gasteiger partial charge is 0.337 e. The molecule has 0 bridgehead atoms. The zero-order chi connectivity index (χ0) is 14.5. The van der Waals surface area contributed by atoms with Crippen LogP contribution in [0.4, 0.5) is 4.39 Å². The molecule has 0 saturated carbocycles. The summed E-state index contributed by atoms with van der Waals surface area (Å²) >= 11 is 0. The van der Waals surface area contributed by atoms with Crippen molar-refractivity contribution in [3.05, 3.63) is 65.2 Å². The van der Waals surface area contributed by atoms with Gasteiger partial charge in [-0.2, -0.15) is 0 Å². The fourth-order valence-corrected chi connectivity index (χ4v) is 1.99. The van der Waals surface area contributed by atoms with Gasteiger partial charge in [-0.3, -0.25) is 9.78 Å². The third-order valence-corrected chi connectivity index (χ3v) is 3.04.